The molecule has 19 heavy (non-hydrogen) atoms. The molecule has 1 amide bonds. The molecular weight excluding hydrogens is 264 g/mol. The van der Waals surface area contributed by atoms with Crippen LogP contribution >= 0.6 is 11.6 Å². The van der Waals surface area contributed by atoms with Gasteiger partial charge in [0.2, 0.25) is 0 Å². The maximum Gasteiger partial charge on any atom is 0.265 e. The molecular formula is C14H17ClN2O2. The Morgan fingerprint density at radius 1 is 1.58 bits per heavy atom. The highest BCUT2D eigenvalue weighted by Crippen LogP contribution is 2.34. The minimum Gasteiger partial charge on any atom is -0.482 e. The van der Waals surface area contributed by atoms with E-state index in [2.05, 4.69) is 11.9 Å². The van der Waals surface area contributed by atoms with Gasteiger partial charge in [-0.05, 0) is 30.3 Å². The fourth-order valence-corrected chi connectivity index (χ4v) is 2.10. The molecule has 0 unspecified atom stereocenters. The Bertz CT molecular complexity index is 502. The first-order chi connectivity index (χ1) is 9.11. The van der Waals surface area contributed by atoms with Crippen molar-refractivity contribution in [2.45, 2.75) is 6.92 Å². The molecule has 0 radical (unpaired) electrons. The first-order valence-corrected chi connectivity index (χ1v) is 6.59. The molecule has 1 N–H and O–H groups in total. The monoisotopic (exact) mass is 280 g/mol. The molecule has 2 rings (SSSR count). The van der Waals surface area contributed by atoms with Crippen molar-refractivity contribution >= 4 is 23.2 Å². The Morgan fingerprint density at radius 2 is 2.37 bits per heavy atom. The van der Waals surface area contributed by atoms with Crippen LogP contribution in [0.15, 0.2) is 30.4 Å². The second-order valence-corrected chi connectivity index (χ2v) is 4.85. The lowest BCUT2D eigenvalue weighted by molar-refractivity contribution is -0.121. The molecule has 1 aromatic carbocycles. The molecule has 0 atom stereocenters. The third kappa shape index (κ3) is 3.28. The maximum absolute atomic E-state index is 12.0. The number of hydrogen-bond acceptors (Lipinski definition) is 3. The Hall–Kier alpha value is -1.52. The van der Waals surface area contributed by atoms with Crippen LogP contribution in [-0.4, -0.2) is 32.1 Å². The summed E-state index contributed by atoms with van der Waals surface area (Å²) >= 11 is 5.98. The third-order valence-electron chi connectivity index (χ3n) is 2.87. The van der Waals surface area contributed by atoms with Gasteiger partial charge in [0.15, 0.2) is 6.61 Å². The van der Waals surface area contributed by atoms with E-state index in [9.17, 15) is 4.79 Å². The smallest absolute Gasteiger partial charge is 0.265 e. The number of likely N-dealkylation sites (N-methyl/N-ethyl adjacent to an activating group) is 1. The molecule has 1 aromatic rings. The van der Waals surface area contributed by atoms with E-state index in [1.165, 1.54) is 0 Å². The standard InChI is InChI=1S/C14H17ClN2O2/c1-3-16-7-10(2)8-17-12-6-11(15)4-5-13(12)19-9-14(17)18/h4-6,16H,2-3,7-9H2,1H3. The van der Waals surface area contributed by atoms with Crippen molar-refractivity contribution in [3.8, 4) is 5.75 Å². The number of benzene rings is 1. The van der Waals surface area contributed by atoms with Crippen molar-refractivity contribution in [1.82, 2.24) is 5.32 Å². The normalized spacial score (nSPS) is 14.0. The molecule has 0 bridgehead atoms. The molecule has 0 fully saturated rings. The second-order valence-electron chi connectivity index (χ2n) is 4.41. The van der Waals surface area contributed by atoms with Gasteiger partial charge in [-0.2, -0.15) is 0 Å². The van der Waals surface area contributed by atoms with Crippen molar-refractivity contribution in [1.29, 1.82) is 0 Å². The van der Waals surface area contributed by atoms with Gasteiger partial charge in [-0.25, -0.2) is 0 Å². The molecule has 102 valence electrons. The van der Waals surface area contributed by atoms with E-state index in [1.807, 2.05) is 6.92 Å². The van der Waals surface area contributed by atoms with Crippen LogP contribution in [0.5, 0.6) is 5.75 Å². The number of rotatable bonds is 5. The van der Waals surface area contributed by atoms with Crippen molar-refractivity contribution < 1.29 is 9.53 Å². The summed E-state index contributed by atoms with van der Waals surface area (Å²) in [7, 11) is 0. The number of ether oxygens (including phenoxy) is 1. The molecule has 0 aliphatic carbocycles. The van der Waals surface area contributed by atoms with Crippen molar-refractivity contribution in [2.75, 3.05) is 31.1 Å². The summed E-state index contributed by atoms with van der Waals surface area (Å²) in [4.78, 5) is 13.6. The van der Waals surface area contributed by atoms with Crippen LogP contribution in [0.2, 0.25) is 5.02 Å². The van der Waals surface area contributed by atoms with Crippen LogP contribution < -0.4 is 15.0 Å². The predicted molar refractivity (Wildman–Crippen MR) is 77.0 cm³/mol. The Labute approximate surface area is 118 Å². The van der Waals surface area contributed by atoms with Gasteiger partial charge in [0, 0.05) is 18.1 Å². The van der Waals surface area contributed by atoms with Gasteiger partial charge >= 0.3 is 0 Å². The topological polar surface area (TPSA) is 41.6 Å². The molecule has 1 aliphatic rings. The van der Waals surface area contributed by atoms with Gasteiger partial charge in [0.1, 0.15) is 5.75 Å². The Kier molecular flexibility index (Phi) is 4.45. The SMILES string of the molecule is C=C(CNCC)CN1C(=O)COc2ccc(Cl)cc21. The zero-order valence-electron chi connectivity index (χ0n) is 10.9. The molecule has 0 aromatic heterocycles. The minimum absolute atomic E-state index is 0.0586. The molecule has 4 nitrogen and oxygen atoms in total. The van der Waals surface area contributed by atoms with E-state index in [0.717, 1.165) is 12.1 Å². The van der Waals surface area contributed by atoms with Crippen LogP contribution in [-0.2, 0) is 4.79 Å². The average molecular weight is 281 g/mol. The summed E-state index contributed by atoms with van der Waals surface area (Å²) in [5, 5.41) is 3.78. The largest absolute Gasteiger partial charge is 0.482 e. The van der Waals surface area contributed by atoms with E-state index in [4.69, 9.17) is 16.3 Å². The van der Waals surface area contributed by atoms with E-state index in [1.54, 1.807) is 23.1 Å². The number of carbonyl (C=O) groups excluding carboxylic acids is 1. The summed E-state index contributed by atoms with van der Waals surface area (Å²) < 4.78 is 5.39. The lowest BCUT2D eigenvalue weighted by Gasteiger charge is -2.30. The van der Waals surface area contributed by atoms with Crippen molar-refractivity contribution in [2.24, 2.45) is 0 Å². The first-order valence-electron chi connectivity index (χ1n) is 6.22. The zero-order valence-corrected chi connectivity index (χ0v) is 11.7. The van der Waals surface area contributed by atoms with Crippen molar-refractivity contribution in [3.63, 3.8) is 0 Å². The molecule has 0 spiro atoms. The van der Waals surface area contributed by atoms with Gasteiger partial charge < -0.3 is 15.0 Å². The molecule has 1 aliphatic heterocycles. The van der Waals surface area contributed by atoms with Gasteiger partial charge in [-0.1, -0.05) is 25.1 Å². The summed E-state index contributed by atoms with van der Waals surface area (Å²) in [6, 6.07) is 5.28. The molecule has 0 saturated heterocycles. The van der Waals surface area contributed by atoms with Crippen LogP contribution in [0.1, 0.15) is 6.92 Å². The first kappa shape index (κ1) is 13.9. The third-order valence-corrected chi connectivity index (χ3v) is 3.11. The minimum atomic E-state index is -0.0765. The number of fused-ring (bicyclic) bond motifs is 1. The summed E-state index contributed by atoms with van der Waals surface area (Å²) in [5.41, 5.74) is 1.66. The number of carbonyl (C=O) groups is 1. The lowest BCUT2D eigenvalue weighted by atomic mass is 10.2. The molecule has 0 saturated carbocycles. The summed E-state index contributed by atoms with van der Waals surface area (Å²) in [5.74, 6) is 0.604. The summed E-state index contributed by atoms with van der Waals surface area (Å²) in [6.45, 7) is 8.11. The quantitative estimate of drug-likeness (QED) is 0.841. The lowest BCUT2D eigenvalue weighted by Crippen LogP contribution is -2.40. The highest BCUT2D eigenvalue weighted by Gasteiger charge is 2.25. The number of nitrogens with zero attached hydrogens (tertiary/aromatic N) is 1. The highest BCUT2D eigenvalue weighted by molar-refractivity contribution is 6.31. The van der Waals surface area contributed by atoms with Gasteiger partial charge in [0.05, 0.1) is 5.69 Å². The van der Waals surface area contributed by atoms with Gasteiger partial charge in [0.25, 0.3) is 5.91 Å². The zero-order chi connectivity index (χ0) is 13.8. The van der Waals surface area contributed by atoms with E-state index in [0.29, 0.717) is 29.5 Å². The molecule has 5 heteroatoms. The fraction of sp³-hybridized carbons (Fsp3) is 0.357. The number of anilines is 1. The van der Waals surface area contributed by atoms with Crippen LogP contribution in [0.3, 0.4) is 0 Å². The predicted octanol–water partition coefficient (Wildman–Crippen LogP) is 2.23. The van der Waals surface area contributed by atoms with E-state index >= 15 is 0 Å². The van der Waals surface area contributed by atoms with Crippen LogP contribution in [0.4, 0.5) is 5.69 Å². The van der Waals surface area contributed by atoms with E-state index in [-0.39, 0.29) is 12.5 Å². The van der Waals surface area contributed by atoms with Gasteiger partial charge in [-0.15, -0.1) is 0 Å². The maximum atomic E-state index is 12.0. The number of amides is 1. The van der Waals surface area contributed by atoms with Crippen LogP contribution in [0.25, 0.3) is 0 Å². The highest BCUT2D eigenvalue weighted by atomic mass is 35.5. The number of halogens is 1. The summed E-state index contributed by atoms with van der Waals surface area (Å²) in [6.07, 6.45) is 0. The average Bonchev–Trinajstić information content (AvgIpc) is 2.40. The molecule has 1 heterocycles. The van der Waals surface area contributed by atoms with Crippen LogP contribution in [0, 0.1) is 0 Å². The van der Waals surface area contributed by atoms with E-state index < -0.39 is 0 Å². The number of hydrogen-bond donors (Lipinski definition) is 1. The van der Waals surface area contributed by atoms with Gasteiger partial charge in [-0.3, -0.25) is 4.79 Å². The Morgan fingerprint density at radius 3 is 3.11 bits per heavy atom. The second kappa shape index (κ2) is 6.08. The fourth-order valence-electron chi connectivity index (χ4n) is 1.93. The number of nitrogens with one attached hydrogen (secondary N) is 1. The Balaban J connectivity index is 2.18. The van der Waals surface area contributed by atoms with Crippen molar-refractivity contribution in [3.05, 3.63) is 35.4 Å².